The molecule has 1 aromatic carbocycles. The van der Waals surface area contributed by atoms with E-state index in [-0.39, 0.29) is 18.7 Å². The maximum atomic E-state index is 13.9. The van der Waals surface area contributed by atoms with Crippen molar-refractivity contribution in [2.24, 2.45) is 7.05 Å². The summed E-state index contributed by atoms with van der Waals surface area (Å²) in [4.78, 5) is 13.4. The van der Waals surface area contributed by atoms with Gasteiger partial charge in [0.15, 0.2) is 0 Å². The molecular weight excluding hydrogens is 340 g/mol. The molecule has 2 rings (SSSR count). The molecular formula is C16H18F4N4O. The minimum absolute atomic E-state index is 0.228. The zero-order valence-electron chi connectivity index (χ0n) is 14.0. The van der Waals surface area contributed by atoms with Crippen molar-refractivity contribution in [1.82, 2.24) is 20.0 Å². The number of amides is 2. The fourth-order valence-corrected chi connectivity index (χ4v) is 2.37. The molecule has 1 heterocycles. The number of carbonyl (C=O) groups is 1. The summed E-state index contributed by atoms with van der Waals surface area (Å²) in [6, 6.07) is 2.45. The van der Waals surface area contributed by atoms with Crippen LogP contribution in [0.25, 0.3) is 0 Å². The van der Waals surface area contributed by atoms with Crippen LogP contribution in [0.5, 0.6) is 0 Å². The fourth-order valence-electron chi connectivity index (χ4n) is 2.37. The van der Waals surface area contributed by atoms with Crippen LogP contribution in [0.1, 0.15) is 22.4 Å². The minimum Gasteiger partial charge on any atom is -0.334 e. The normalized spacial score (nSPS) is 11.5. The number of carbonyl (C=O) groups excluding carboxylic acids is 1. The lowest BCUT2D eigenvalue weighted by Gasteiger charge is -2.18. The highest BCUT2D eigenvalue weighted by Crippen LogP contribution is 2.32. The second-order valence-electron chi connectivity index (χ2n) is 5.70. The van der Waals surface area contributed by atoms with Crippen molar-refractivity contribution in [3.8, 4) is 0 Å². The molecule has 0 saturated heterocycles. The van der Waals surface area contributed by atoms with E-state index in [2.05, 4.69) is 10.4 Å². The highest BCUT2D eigenvalue weighted by Gasteiger charge is 2.34. The van der Waals surface area contributed by atoms with Crippen molar-refractivity contribution in [2.45, 2.75) is 26.2 Å². The summed E-state index contributed by atoms with van der Waals surface area (Å²) >= 11 is 0. The third kappa shape index (κ3) is 4.49. The SMILES string of the molecule is Cc1nn(C)cc1CN(C)C(=O)NCc1cccc(C(F)(F)F)c1F. The van der Waals surface area contributed by atoms with Crippen LogP contribution in [0, 0.1) is 12.7 Å². The molecule has 1 N–H and O–H groups in total. The first-order valence-electron chi connectivity index (χ1n) is 7.42. The van der Waals surface area contributed by atoms with Gasteiger partial charge in [-0.2, -0.15) is 18.3 Å². The van der Waals surface area contributed by atoms with Crippen LogP contribution >= 0.6 is 0 Å². The summed E-state index contributed by atoms with van der Waals surface area (Å²) in [5, 5.41) is 6.58. The molecule has 0 aliphatic carbocycles. The first kappa shape index (κ1) is 18.8. The molecule has 0 fully saturated rings. The molecule has 0 atom stereocenters. The van der Waals surface area contributed by atoms with Crippen molar-refractivity contribution >= 4 is 6.03 Å². The molecule has 1 aromatic heterocycles. The van der Waals surface area contributed by atoms with Crippen LogP contribution in [0.4, 0.5) is 22.4 Å². The van der Waals surface area contributed by atoms with Crippen LogP contribution in [-0.2, 0) is 26.3 Å². The molecule has 9 heteroatoms. The Labute approximate surface area is 142 Å². The van der Waals surface area contributed by atoms with E-state index in [1.807, 2.05) is 0 Å². The van der Waals surface area contributed by atoms with E-state index < -0.39 is 23.6 Å². The van der Waals surface area contributed by atoms with Gasteiger partial charge in [-0.3, -0.25) is 4.68 Å². The van der Waals surface area contributed by atoms with Gasteiger partial charge < -0.3 is 10.2 Å². The Kier molecular flexibility index (Phi) is 5.34. The summed E-state index contributed by atoms with van der Waals surface area (Å²) < 4.78 is 53.6. The number of alkyl halides is 3. The lowest BCUT2D eigenvalue weighted by atomic mass is 10.1. The van der Waals surface area contributed by atoms with E-state index in [1.165, 1.54) is 18.0 Å². The monoisotopic (exact) mass is 358 g/mol. The second kappa shape index (κ2) is 7.12. The molecule has 2 amide bonds. The maximum Gasteiger partial charge on any atom is 0.419 e. The Morgan fingerprint density at radius 2 is 2.00 bits per heavy atom. The van der Waals surface area contributed by atoms with Gasteiger partial charge in [0.1, 0.15) is 5.82 Å². The van der Waals surface area contributed by atoms with Gasteiger partial charge >= 0.3 is 12.2 Å². The Morgan fingerprint density at radius 3 is 2.56 bits per heavy atom. The predicted octanol–water partition coefficient (Wildman–Crippen LogP) is 3.23. The van der Waals surface area contributed by atoms with Gasteiger partial charge in [0.2, 0.25) is 0 Å². The topological polar surface area (TPSA) is 50.2 Å². The predicted molar refractivity (Wildman–Crippen MR) is 83.0 cm³/mol. The molecule has 0 radical (unpaired) electrons. The second-order valence-corrected chi connectivity index (χ2v) is 5.70. The standard InChI is InChI=1S/C16H18F4N4O/c1-10-12(9-24(3)22-10)8-23(2)15(25)21-7-11-5-4-6-13(14(11)17)16(18,19)20/h4-6,9H,7-8H2,1-3H3,(H,21,25). The molecule has 0 spiro atoms. The molecule has 136 valence electrons. The molecule has 2 aromatic rings. The Hall–Kier alpha value is -2.58. The number of aryl methyl sites for hydroxylation is 2. The quantitative estimate of drug-likeness (QED) is 0.853. The summed E-state index contributed by atoms with van der Waals surface area (Å²) in [7, 11) is 3.29. The van der Waals surface area contributed by atoms with Gasteiger partial charge in [0.25, 0.3) is 0 Å². The number of aromatic nitrogens is 2. The third-order valence-corrected chi connectivity index (χ3v) is 3.68. The van der Waals surface area contributed by atoms with Crippen molar-refractivity contribution in [2.75, 3.05) is 7.05 Å². The van der Waals surface area contributed by atoms with Crippen LogP contribution in [0.3, 0.4) is 0 Å². The fraction of sp³-hybridized carbons (Fsp3) is 0.375. The minimum atomic E-state index is -4.78. The number of rotatable bonds is 4. The number of nitrogens with zero attached hydrogens (tertiary/aromatic N) is 3. The largest absolute Gasteiger partial charge is 0.419 e. The van der Waals surface area contributed by atoms with Crippen LogP contribution in [-0.4, -0.2) is 27.8 Å². The molecule has 0 saturated carbocycles. The van der Waals surface area contributed by atoms with E-state index in [0.717, 1.165) is 17.3 Å². The van der Waals surface area contributed by atoms with Crippen molar-refractivity contribution in [3.63, 3.8) is 0 Å². The molecule has 25 heavy (non-hydrogen) atoms. The van der Waals surface area contributed by atoms with Gasteiger partial charge in [-0.05, 0) is 13.0 Å². The Bertz CT molecular complexity index is 770. The highest BCUT2D eigenvalue weighted by atomic mass is 19.4. The van der Waals surface area contributed by atoms with Gasteiger partial charge in [-0.1, -0.05) is 12.1 Å². The van der Waals surface area contributed by atoms with E-state index in [0.29, 0.717) is 6.07 Å². The van der Waals surface area contributed by atoms with Crippen LogP contribution in [0.2, 0.25) is 0 Å². The zero-order chi connectivity index (χ0) is 18.8. The molecule has 0 aliphatic heterocycles. The molecule has 5 nitrogen and oxygen atoms in total. The van der Waals surface area contributed by atoms with Crippen molar-refractivity contribution in [1.29, 1.82) is 0 Å². The van der Waals surface area contributed by atoms with Crippen LogP contribution in [0.15, 0.2) is 24.4 Å². The van der Waals surface area contributed by atoms with Crippen molar-refractivity contribution < 1.29 is 22.4 Å². The van der Waals surface area contributed by atoms with E-state index in [4.69, 9.17) is 0 Å². The van der Waals surface area contributed by atoms with Crippen LogP contribution < -0.4 is 5.32 Å². The first-order valence-corrected chi connectivity index (χ1v) is 7.42. The van der Waals surface area contributed by atoms with Gasteiger partial charge in [0, 0.05) is 38.0 Å². The number of urea groups is 1. The average Bonchev–Trinajstić information content (AvgIpc) is 2.82. The summed E-state index contributed by atoms with van der Waals surface area (Å²) in [6.45, 7) is 1.74. The van der Waals surface area contributed by atoms with Gasteiger partial charge in [-0.25, -0.2) is 9.18 Å². The first-order chi connectivity index (χ1) is 11.6. The molecule has 0 aliphatic rings. The molecule has 0 unspecified atom stereocenters. The number of benzene rings is 1. The summed E-state index contributed by atoms with van der Waals surface area (Å²) in [5.74, 6) is -1.37. The lowest BCUT2D eigenvalue weighted by molar-refractivity contribution is -0.140. The maximum absolute atomic E-state index is 13.9. The summed E-state index contributed by atoms with van der Waals surface area (Å²) in [6.07, 6.45) is -3.01. The molecule has 0 bridgehead atoms. The highest BCUT2D eigenvalue weighted by molar-refractivity contribution is 5.73. The number of halogens is 4. The number of hydrogen-bond donors (Lipinski definition) is 1. The average molecular weight is 358 g/mol. The van der Waals surface area contributed by atoms with E-state index in [9.17, 15) is 22.4 Å². The lowest BCUT2D eigenvalue weighted by Crippen LogP contribution is -2.36. The van der Waals surface area contributed by atoms with Crippen molar-refractivity contribution in [3.05, 3.63) is 52.6 Å². The van der Waals surface area contributed by atoms with Gasteiger partial charge in [0.05, 0.1) is 17.8 Å². The Balaban J connectivity index is 2.01. The number of hydrogen-bond acceptors (Lipinski definition) is 2. The zero-order valence-corrected chi connectivity index (χ0v) is 14.0. The van der Waals surface area contributed by atoms with Gasteiger partial charge in [-0.15, -0.1) is 0 Å². The third-order valence-electron chi connectivity index (χ3n) is 3.68. The van der Waals surface area contributed by atoms with E-state index >= 15 is 0 Å². The van der Waals surface area contributed by atoms with E-state index in [1.54, 1.807) is 24.9 Å². The number of nitrogens with one attached hydrogen (secondary N) is 1. The smallest absolute Gasteiger partial charge is 0.334 e. The summed E-state index contributed by atoms with van der Waals surface area (Å²) in [5.41, 5.74) is 0.0317. The Morgan fingerprint density at radius 1 is 1.32 bits per heavy atom.